The Hall–Kier alpha value is -2.21. The Morgan fingerprint density at radius 3 is 2.28 bits per heavy atom. The average molecular weight is 430 g/mol. The van der Waals surface area contributed by atoms with Crippen LogP contribution in [0.2, 0.25) is 0 Å². The molecule has 0 spiro atoms. The van der Waals surface area contributed by atoms with Crippen molar-refractivity contribution >= 4 is 5.91 Å². The van der Waals surface area contributed by atoms with Crippen molar-refractivity contribution in [1.29, 1.82) is 0 Å². The molecule has 1 saturated heterocycles. The molecule has 1 aromatic carbocycles. The minimum Gasteiger partial charge on any atom is -0.484 e. The van der Waals surface area contributed by atoms with Crippen molar-refractivity contribution in [3.8, 4) is 11.5 Å². The molecule has 0 aromatic heterocycles. The molecule has 0 unspecified atom stereocenters. The fraction of sp³-hybridized carbons (Fsp3) is 0.588. The van der Waals surface area contributed by atoms with E-state index < -0.39 is 37.2 Å². The SMILES string of the molecule is O=C(NCCN1CCOCC1)c1cc(OCC(F)(F)F)ccc1OCC(F)(F)F. The summed E-state index contributed by atoms with van der Waals surface area (Å²) in [6, 6.07) is 2.89. The summed E-state index contributed by atoms with van der Waals surface area (Å²) in [6.07, 6.45) is -9.25. The number of halogens is 6. The lowest BCUT2D eigenvalue weighted by atomic mass is 10.1. The summed E-state index contributed by atoms with van der Waals surface area (Å²) >= 11 is 0. The Balaban J connectivity index is 2.05. The van der Waals surface area contributed by atoms with Gasteiger partial charge in [-0.2, -0.15) is 26.3 Å². The molecule has 1 aromatic rings. The molecule has 1 aliphatic rings. The van der Waals surface area contributed by atoms with Crippen LogP contribution in [-0.2, 0) is 4.74 Å². The second-order valence-electron chi connectivity index (χ2n) is 6.18. The Morgan fingerprint density at radius 2 is 1.66 bits per heavy atom. The van der Waals surface area contributed by atoms with Gasteiger partial charge >= 0.3 is 12.4 Å². The number of hydrogen-bond acceptors (Lipinski definition) is 5. The lowest BCUT2D eigenvalue weighted by Crippen LogP contribution is -2.41. The number of ether oxygens (including phenoxy) is 3. The van der Waals surface area contributed by atoms with Gasteiger partial charge in [-0.1, -0.05) is 0 Å². The number of rotatable bonds is 8. The average Bonchev–Trinajstić information content (AvgIpc) is 2.64. The number of hydrogen-bond donors (Lipinski definition) is 1. The molecule has 1 N–H and O–H groups in total. The van der Waals surface area contributed by atoms with E-state index in [4.69, 9.17) is 4.74 Å². The monoisotopic (exact) mass is 430 g/mol. The van der Waals surface area contributed by atoms with Crippen LogP contribution in [0.3, 0.4) is 0 Å². The molecule has 1 heterocycles. The lowest BCUT2D eigenvalue weighted by molar-refractivity contribution is -0.154. The Kier molecular flexibility index (Phi) is 7.96. The highest BCUT2D eigenvalue weighted by Crippen LogP contribution is 2.27. The molecule has 164 valence electrons. The van der Waals surface area contributed by atoms with E-state index in [1.165, 1.54) is 0 Å². The summed E-state index contributed by atoms with van der Waals surface area (Å²) in [5.41, 5.74) is -0.351. The van der Waals surface area contributed by atoms with Crippen LogP contribution in [0, 0.1) is 0 Å². The van der Waals surface area contributed by atoms with Gasteiger partial charge in [0.2, 0.25) is 0 Å². The maximum atomic E-state index is 12.4. The zero-order valence-electron chi connectivity index (χ0n) is 15.2. The number of benzene rings is 1. The first-order valence-electron chi connectivity index (χ1n) is 8.65. The third kappa shape index (κ3) is 8.77. The van der Waals surface area contributed by atoms with Crippen LogP contribution >= 0.6 is 0 Å². The molecule has 2 rings (SSSR count). The number of amides is 1. The van der Waals surface area contributed by atoms with Crippen molar-refractivity contribution < 1.29 is 45.3 Å². The normalized spacial score (nSPS) is 15.8. The zero-order valence-corrected chi connectivity index (χ0v) is 15.2. The van der Waals surface area contributed by atoms with E-state index in [2.05, 4.69) is 14.8 Å². The molecular formula is C17H20F6N2O4. The van der Waals surface area contributed by atoms with Gasteiger partial charge in [0.15, 0.2) is 13.2 Å². The van der Waals surface area contributed by atoms with Crippen molar-refractivity contribution in [1.82, 2.24) is 10.2 Å². The number of carbonyl (C=O) groups is 1. The Labute approximate surface area is 162 Å². The highest BCUT2D eigenvalue weighted by molar-refractivity contribution is 5.97. The molecule has 1 amide bonds. The summed E-state index contributed by atoms with van der Waals surface area (Å²) in [6.45, 7) is -0.113. The Morgan fingerprint density at radius 1 is 1.03 bits per heavy atom. The van der Waals surface area contributed by atoms with E-state index in [1.807, 2.05) is 4.90 Å². The van der Waals surface area contributed by atoms with Gasteiger partial charge in [-0.3, -0.25) is 9.69 Å². The predicted octanol–water partition coefficient (Wildman–Crippen LogP) is 2.63. The van der Waals surface area contributed by atoms with Crippen LogP contribution in [-0.4, -0.2) is 75.8 Å². The first kappa shape index (κ1) is 23.1. The van der Waals surface area contributed by atoms with Gasteiger partial charge in [-0.25, -0.2) is 0 Å². The predicted molar refractivity (Wildman–Crippen MR) is 89.1 cm³/mol. The zero-order chi connectivity index (χ0) is 21.5. The molecule has 0 saturated carbocycles. The van der Waals surface area contributed by atoms with Gasteiger partial charge in [-0.05, 0) is 18.2 Å². The lowest BCUT2D eigenvalue weighted by Gasteiger charge is -2.26. The summed E-state index contributed by atoms with van der Waals surface area (Å²) < 4.78 is 88.6. The van der Waals surface area contributed by atoms with E-state index in [-0.39, 0.29) is 17.9 Å². The molecule has 1 fully saturated rings. The molecule has 6 nitrogen and oxygen atoms in total. The first-order valence-corrected chi connectivity index (χ1v) is 8.65. The Bertz CT molecular complexity index is 675. The summed E-state index contributed by atoms with van der Waals surface area (Å²) in [5, 5.41) is 2.52. The van der Waals surface area contributed by atoms with Gasteiger partial charge in [0, 0.05) is 26.2 Å². The smallest absolute Gasteiger partial charge is 0.422 e. The number of nitrogens with one attached hydrogen (secondary N) is 1. The van der Waals surface area contributed by atoms with E-state index in [9.17, 15) is 31.1 Å². The van der Waals surface area contributed by atoms with E-state index in [1.54, 1.807) is 0 Å². The second-order valence-corrected chi connectivity index (χ2v) is 6.18. The summed E-state index contributed by atoms with van der Waals surface area (Å²) in [7, 11) is 0. The third-order valence-electron chi connectivity index (χ3n) is 3.81. The van der Waals surface area contributed by atoms with Gasteiger partial charge in [0.1, 0.15) is 11.5 Å². The van der Waals surface area contributed by atoms with Gasteiger partial charge < -0.3 is 19.5 Å². The summed E-state index contributed by atoms with van der Waals surface area (Å²) in [5.74, 6) is -1.52. The highest BCUT2D eigenvalue weighted by atomic mass is 19.4. The largest absolute Gasteiger partial charge is 0.484 e. The number of morpholine rings is 1. The van der Waals surface area contributed by atoms with Crippen LogP contribution in [0.4, 0.5) is 26.3 Å². The minimum absolute atomic E-state index is 0.186. The van der Waals surface area contributed by atoms with Gasteiger partial charge in [0.25, 0.3) is 5.91 Å². The van der Waals surface area contributed by atoms with Crippen molar-refractivity contribution in [3.63, 3.8) is 0 Å². The van der Waals surface area contributed by atoms with Crippen molar-refractivity contribution in [2.75, 3.05) is 52.6 Å². The maximum absolute atomic E-state index is 12.4. The topological polar surface area (TPSA) is 60.0 Å². The molecule has 0 aliphatic carbocycles. The number of carbonyl (C=O) groups excluding carboxylic acids is 1. The molecule has 0 atom stereocenters. The van der Waals surface area contributed by atoms with Crippen LogP contribution in [0.1, 0.15) is 10.4 Å². The fourth-order valence-electron chi connectivity index (χ4n) is 2.47. The summed E-state index contributed by atoms with van der Waals surface area (Å²) in [4.78, 5) is 14.4. The maximum Gasteiger partial charge on any atom is 0.422 e. The molecule has 29 heavy (non-hydrogen) atoms. The van der Waals surface area contributed by atoms with Crippen molar-refractivity contribution in [2.24, 2.45) is 0 Å². The first-order chi connectivity index (χ1) is 13.5. The van der Waals surface area contributed by atoms with Crippen LogP contribution in [0.5, 0.6) is 11.5 Å². The number of alkyl halides is 6. The number of nitrogens with zero attached hydrogens (tertiary/aromatic N) is 1. The highest BCUT2D eigenvalue weighted by Gasteiger charge is 2.30. The van der Waals surface area contributed by atoms with Crippen LogP contribution in [0.25, 0.3) is 0 Å². The molecular weight excluding hydrogens is 410 g/mol. The van der Waals surface area contributed by atoms with E-state index in [0.29, 0.717) is 32.8 Å². The van der Waals surface area contributed by atoms with E-state index >= 15 is 0 Å². The standard InChI is InChI=1S/C17H20F6N2O4/c18-16(19,20)10-28-12-1-2-14(29-11-17(21,22)23)13(9-12)15(26)24-3-4-25-5-7-27-8-6-25/h1-2,9H,3-8,10-11H2,(H,24,26). The van der Waals surface area contributed by atoms with Gasteiger partial charge in [0.05, 0.1) is 18.8 Å². The fourth-order valence-corrected chi connectivity index (χ4v) is 2.47. The third-order valence-corrected chi connectivity index (χ3v) is 3.81. The molecule has 0 bridgehead atoms. The van der Waals surface area contributed by atoms with E-state index in [0.717, 1.165) is 18.2 Å². The van der Waals surface area contributed by atoms with Crippen molar-refractivity contribution in [2.45, 2.75) is 12.4 Å². The quantitative estimate of drug-likeness (QED) is 0.643. The van der Waals surface area contributed by atoms with Gasteiger partial charge in [-0.15, -0.1) is 0 Å². The van der Waals surface area contributed by atoms with Crippen molar-refractivity contribution in [3.05, 3.63) is 23.8 Å². The van der Waals surface area contributed by atoms with Crippen LogP contribution < -0.4 is 14.8 Å². The molecule has 1 aliphatic heterocycles. The molecule has 0 radical (unpaired) electrons. The molecule has 12 heteroatoms. The van der Waals surface area contributed by atoms with Crippen LogP contribution in [0.15, 0.2) is 18.2 Å². The minimum atomic E-state index is -4.64. The second kappa shape index (κ2) is 10.0.